The summed E-state index contributed by atoms with van der Waals surface area (Å²) in [5, 5.41) is 12.3. The molecule has 0 spiro atoms. The molecule has 0 saturated carbocycles. The molecule has 1 heterocycles. The van der Waals surface area contributed by atoms with Gasteiger partial charge in [-0.05, 0) is 37.4 Å². The number of fused-ring (bicyclic) bond motifs is 1. The van der Waals surface area contributed by atoms with Crippen LogP contribution in [0.1, 0.15) is 36.4 Å². The molecule has 0 bridgehead atoms. The Morgan fingerprint density at radius 1 is 1.47 bits per heavy atom. The molecule has 3 nitrogen and oxygen atoms in total. The van der Waals surface area contributed by atoms with E-state index in [1.807, 2.05) is 7.05 Å². The molecule has 1 atom stereocenters. The van der Waals surface area contributed by atoms with Crippen LogP contribution in [0, 0.1) is 0 Å². The Kier molecular flexibility index (Phi) is 3.44. The van der Waals surface area contributed by atoms with Gasteiger partial charge in [0.05, 0.1) is 6.61 Å². The van der Waals surface area contributed by atoms with Gasteiger partial charge in [-0.25, -0.2) is 0 Å². The molecule has 0 amide bonds. The highest BCUT2D eigenvalue weighted by Crippen LogP contribution is 2.28. The number of aliphatic hydroxyl groups excluding tert-OH is 1. The van der Waals surface area contributed by atoms with Crippen molar-refractivity contribution in [1.29, 1.82) is 0 Å². The lowest BCUT2D eigenvalue weighted by molar-refractivity contribution is 0.276. The van der Waals surface area contributed by atoms with E-state index in [9.17, 15) is 0 Å². The molecule has 15 heavy (non-hydrogen) atoms. The maximum Gasteiger partial charge on any atom is 0.0610 e. The zero-order valence-electron chi connectivity index (χ0n) is 9.37. The third kappa shape index (κ3) is 2.24. The van der Waals surface area contributed by atoms with Gasteiger partial charge in [-0.15, -0.1) is 0 Å². The van der Waals surface area contributed by atoms with Crippen LogP contribution >= 0.6 is 0 Å². The average Bonchev–Trinajstić information content (AvgIpc) is 2.53. The summed E-state index contributed by atoms with van der Waals surface area (Å²) in [6.45, 7) is 0.932. The van der Waals surface area contributed by atoms with Gasteiger partial charge in [0.1, 0.15) is 0 Å². The number of aliphatic hydroxyl groups is 1. The molecule has 1 aromatic rings. The second kappa shape index (κ2) is 4.81. The molecule has 0 aliphatic heterocycles. The molecule has 1 aromatic heterocycles. The lowest BCUT2D eigenvalue weighted by Gasteiger charge is -2.13. The Morgan fingerprint density at radius 3 is 3.07 bits per heavy atom. The van der Waals surface area contributed by atoms with Crippen molar-refractivity contribution in [3.8, 4) is 0 Å². The number of aromatic nitrogens is 1. The third-order valence-corrected chi connectivity index (χ3v) is 3.27. The predicted octanol–water partition coefficient (Wildman–Crippen LogP) is 1.47. The molecular weight excluding hydrogens is 188 g/mol. The second-order valence-corrected chi connectivity index (χ2v) is 4.29. The van der Waals surface area contributed by atoms with Crippen LogP contribution in [0.3, 0.4) is 0 Å². The van der Waals surface area contributed by atoms with Crippen molar-refractivity contribution >= 4 is 0 Å². The Morgan fingerprint density at radius 2 is 2.33 bits per heavy atom. The van der Waals surface area contributed by atoms with E-state index >= 15 is 0 Å². The van der Waals surface area contributed by atoms with E-state index in [4.69, 9.17) is 5.11 Å². The minimum atomic E-state index is 0.220. The molecule has 1 unspecified atom stereocenters. The van der Waals surface area contributed by atoms with Crippen LogP contribution in [0.4, 0.5) is 0 Å². The topological polar surface area (TPSA) is 37.2 Å². The number of hydrogen-bond donors (Lipinski definition) is 2. The first-order valence-electron chi connectivity index (χ1n) is 5.82. The normalized spacial score (nSPS) is 21.1. The van der Waals surface area contributed by atoms with Gasteiger partial charge < -0.3 is 15.0 Å². The summed E-state index contributed by atoms with van der Waals surface area (Å²) >= 11 is 0. The van der Waals surface area contributed by atoms with Crippen LogP contribution in [0.2, 0.25) is 0 Å². The van der Waals surface area contributed by atoms with Gasteiger partial charge in [-0.3, -0.25) is 0 Å². The molecule has 2 N–H and O–H groups in total. The van der Waals surface area contributed by atoms with Crippen molar-refractivity contribution in [2.24, 2.45) is 0 Å². The van der Waals surface area contributed by atoms with Crippen LogP contribution < -0.4 is 5.32 Å². The molecular formula is C12H20N2O. The molecule has 1 aliphatic rings. The maximum atomic E-state index is 8.92. The molecule has 0 saturated heterocycles. The number of aryl methyl sites for hydroxylation is 1. The van der Waals surface area contributed by atoms with Crippen molar-refractivity contribution in [3.63, 3.8) is 0 Å². The Balaban J connectivity index is 2.25. The van der Waals surface area contributed by atoms with Crippen molar-refractivity contribution in [1.82, 2.24) is 9.88 Å². The first-order chi connectivity index (χ1) is 7.35. The summed E-state index contributed by atoms with van der Waals surface area (Å²) in [4.78, 5) is 0. The fourth-order valence-corrected chi connectivity index (χ4v) is 2.46. The molecule has 2 rings (SSSR count). The first kappa shape index (κ1) is 10.7. The minimum absolute atomic E-state index is 0.220. The minimum Gasteiger partial charge on any atom is -0.395 e. The van der Waals surface area contributed by atoms with Gasteiger partial charge in [0.2, 0.25) is 0 Å². The molecule has 1 aliphatic carbocycles. The molecule has 0 fully saturated rings. The lowest BCUT2D eigenvalue weighted by atomic mass is 10.1. The Bertz CT molecular complexity index is 319. The third-order valence-electron chi connectivity index (χ3n) is 3.27. The van der Waals surface area contributed by atoms with Crippen molar-refractivity contribution in [2.75, 3.05) is 13.7 Å². The van der Waals surface area contributed by atoms with E-state index in [1.165, 1.54) is 36.8 Å². The van der Waals surface area contributed by atoms with Gasteiger partial charge >= 0.3 is 0 Å². The molecule has 84 valence electrons. The van der Waals surface area contributed by atoms with E-state index in [1.54, 1.807) is 0 Å². The van der Waals surface area contributed by atoms with Crippen LogP contribution in [0.25, 0.3) is 0 Å². The van der Waals surface area contributed by atoms with Gasteiger partial charge in [-0.2, -0.15) is 0 Å². The van der Waals surface area contributed by atoms with Crippen LogP contribution in [-0.4, -0.2) is 23.3 Å². The maximum absolute atomic E-state index is 8.92. The molecule has 0 radical (unpaired) electrons. The van der Waals surface area contributed by atoms with Crippen molar-refractivity contribution in [2.45, 2.75) is 38.3 Å². The highest BCUT2D eigenvalue weighted by molar-refractivity contribution is 5.29. The number of nitrogens with zero attached hydrogens (tertiary/aromatic N) is 1. The standard InChI is InChI=1S/C12H20N2O/c1-13-12-5-3-2-4-10-8-14(6-7-15)9-11(10)12/h8-9,12-13,15H,2-7H2,1H3. The summed E-state index contributed by atoms with van der Waals surface area (Å²) in [7, 11) is 2.03. The van der Waals surface area contributed by atoms with E-state index in [0.717, 1.165) is 0 Å². The number of hydrogen-bond acceptors (Lipinski definition) is 2. The Hall–Kier alpha value is -0.800. The summed E-state index contributed by atoms with van der Waals surface area (Å²) in [5.41, 5.74) is 2.89. The summed E-state index contributed by atoms with van der Waals surface area (Å²) in [6.07, 6.45) is 9.40. The molecule has 3 heteroatoms. The quantitative estimate of drug-likeness (QED) is 0.738. The lowest BCUT2D eigenvalue weighted by Crippen LogP contribution is -2.15. The highest BCUT2D eigenvalue weighted by atomic mass is 16.3. The van der Waals surface area contributed by atoms with E-state index in [2.05, 4.69) is 22.3 Å². The van der Waals surface area contributed by atoms with Crippen LogP contribution in [0.5, 0.6) is 0 Å². The van der Waals surface area contributed by atoms with Crippen molar-refractivity contribution in [3.05, 3.63) is 23.5 Å². The fraction of sp³-hybridized carbons (Fsp3) is 0.667. The fourth-order valence-electron chi connectivity index (χ4n) is 2.46. The van der Waals surface area contributed by atoms with Gasteiger partial charge in [-0.1, -0.05) is 6.42 Å². The zero-order chi connectivity index (χ0) is 10.7. The zero-order valence-corrected chi connectivity index (χ0v) is 9.37. The van der Waals surface area contributed by atoms with Gasteiger partial charge in [0, 0.05) is 25.0 Å². The van der Waals surface area contributed by atoms with E-state index in [-0.39, 0.29) is 6.61 Å². The molecule has 0 aromatic carbocycles. The predicted molar refractivity (Wildman–Crippen MR) is 60.9 cm³/mol. The first-order valence-corrected chi connectivity index (χ1v) is 5.82. The SMILES string of the molecule is CNC1CCCCc2cn(CCO)cc21. The second-order valence-electron chi connectivity index (χ2n) is 4.29. The van der Waals surface area contributed by atoms with E-state index in [0.29, 0.717) is 12.6 Å². The van der Waals surface area contributed by atoms with E-state index < -0.39 is 0 Å². The summed E-state index contributed by atoms with van der Waals surface area (Å²) < 4.78 is 2.11. The smallest absolute Gasteiger partial charge is 0.0610 e. The number of nitrogens with one attached hydrogen (secondary N) is 1. The summed E-state index contributed by atoms with van der Waals surface area (Å²) in [6, 6.07) is 0.502. The summed E-state index contributed by atoms with van der Waals surface area (Å²) in [5.74, 6) is 0. The van der Waals surface area contributed by atoms with Crippen LogP contribution in [-0.2, 0) is 13.0 Å². The largest absolute Gasteiger partial charge is 0.395 e. The Labute approximate surface area is 91.1 Å². The van der Waals surface area contributed by atoms with Crippen molar-refractivity contribution < 1.29 is 5.11 Å². The average molecular weight is 208 g/mol. The van der Waals surface area contributed by atoms with Gasteiger partial charge in [0.15, 0.2) is 0 Å². The van der Waals surface area contributed by atoms with Gasteiger partial charge in [0.25, 0.3) is 0 Å². The van der Waals surface area contributed by atoms with Crippen LogP contribution in [0.15, 0.2) is 12.4 Å². The monoisotopic (exact) mass is 208 g/mol. The highest BCUT2D eigenvalue weighted by Gasteiger charge is 2.18. The number of rotatable bonds is 3.